The van der Waals surface area contributed by atoms with E-state index in [1.165, 1.54) is 0 Å². The van der Waals surface area contributed by atoms with Gasteiger partial charge in [-0.1, -0.05) is 36.4 Å². The molecule has 2 nitrogen and oxygen atoms in total. The third-order valence-electron chi connectivity index (χ3n) is 3.03. The van der Waals surface area contributed by atoms with Gasteiger partial charge >= 0.3 is 5.97 Å². The summed E-state index contributed by atoms with van der Waals surface area (Å²) in [7, 11) is 0. The number of carbonyl (C=O) groups is 1. The summed E-state index contributed by atoms with van der Waals surface area (Å²) in [5, 5.41) is 9.24. The second kappa shape index (κ2) is 4.42. The summed E-state index contributed by atoms with van der Waals surface area (Å²) in [4.78, 5) is 11.3. The molecule has 0 saturated carbocycles. The van der Waals surface area contributed by atoms with Crippen LogP contribution >= 0.6 is 0 Å². The van der Waals surface area contributed by atoms with Crippen LogP contribution in [0.2, 0.25) is 0 Å². The van der Waals surface area contributed by atoms with E-state index in [1.807, 2.05) is 50.2 Å². The molecular weight excluding hydrogens is 212 g/mol. The van der Waals surface area contributed by atoms with Gasteiger partial charge in [0.15, 0.2) is 0 Å². The van der Waals surface area contributed by atoms with E-state index in [0.29, 0.717) is 5.56 Å². The summed E-state index contributed by atoms with van der Waals surface area (Å²) in [6, 6.07) is 13.2. The highest BCUT2D eigenvalue weighted by molar-refractivity contribution is 5.97. The van der Waals surface area contributed by atoms with Crippen molar-refractivity contribution in [3.8, 4) is 11.1 Å². The standard InChI is InChI=1S/C15H14O2/c1-10-8-9-13(15(16)17)14(11(10)2)12-6-4-3-5-7-12/h3-9H,1-2H3,(H,16,17). The Balaban J connectivity index is 2.74. The van der Waals surface area contributed by atoms with Crippen molar-refractivity contribution < 1.29 is 9.90 Å². The number of carboxylic acid groups (broad SMARTS) is 1. The Morgan fingerprint density at radius 1 is 1.00 bits per heavy atom. The highest BCUT2D eigenvalue weighted by Crippen LogP contribution is 2.29. The number of hydrogen-bond donors (Lipinski definition) is 1. The van der Waals surface area contributed by atoms with Gasteiger partial charge in [0.05, 0.1) is 5.56 Å². The molecular formula is C15H14O2. The smallest absolute Gasteiger partial charge is 0.336 e. The fraction of sp³-hybridized carbons (Fsp3) is 0.133. The average Bonchev–Trinajstić information content (AvgIpc) is 2.33. The molecule has 0 aromatic heterocycles. The molecule has 2 rings (SSSR count). The molecule has 0 aliphatic carbocycles. The topological polar surface area (TPSA) is 37.3 Å². The summed E-state index contributed by atoms with van der Waals surface area (Å²) in [6.45, 7) is 3.96. The Hall–Kier alpha value is -2.09. The molecule has 0 fully saturated rings. The number of rotatable bonds is 2. The van der Waals surface area contributed by atoms with E-state index in [2.05, 4.69) is 0 Å². The van der Waals surface area contributed by atoms with Crippen molar-refractivity contribution in [2.24, 2.45) is 0 Å². The molecule has 0 heterocycles. The molecule has 2 heteroatoms. The van der Waals surface area contributed by atoms with Crippen molar-refractivity contribution in [3.63, 3.8) is 0 Å². The zero-order chi connectivity index (χ0) is 12.4. The van der Waals surface area contributed by atoms with Crippen LogP contribution in [0.3, 0.4) is 0 Å². The second-order valence-corrected chi connectivity index (χ2v) is 4.10. The zero-order valence-electron chi connectivity index (χ0n) is 9.90. The minimum absolute atomic E-state index is 0.360. The van der Waals surface area contributed by atoms with Crippen LogP contribution in [-0.4, -0.2) is 11.1 Å². The predicted octanol–water partition coefficient (Wildman–Crippen LogP) is 3.67. The summed E-state index contributed by atoms with van der Waals surface area (Å²) < 4.78 is 0. The molecule has 2 aromatic rings. The van der Waals surface area contributed by atoms with E-state index in [1.54, 1.807) is 6.07 Å². The number of aryl methyl sites for hydroxylation is 1. The van der Waals surface area contributed by atoms with Crippen molar-refractivity contribution in [1.29, 1.82) is 0 Å². The fourth-order valence-corrected chi connectivity index (χ4v) is 1.97. The van der Waals surface area contributed by atoms with Crippen molar-refractivity contribution in [2.45, 2.75) is 13.8 Å². The molecule has 0 atom stereocenters. The molecule has 0 aliphatic heterocycles. The maximum absolute atomic E-state index is 11.3. The van der Waals surface area contributed by atoms with Crippen molar-refractivity contribution in [2.75, 3.05) is 0 Å². The predicted molar refractivity (Wildman–Crippen MR) is 68.3 cm³/mol. The summed E-state index contributed by atoms with van der Waals surface area (Å²) in [5.74, 6) is -0.882. The quantitative estimate of drug-likeness (QED) is 0.848. The van der Waals surface area contributed by atoms with Crippen LogP contribution in [0.25, 0.3) is 11.1 Å². The van der Waals surface area contributed by atoms with Gasteiger partial charge in [-0.3, -0.25) is 0 Å². The maximum Gasteiger partial charge on any atom is 0.336 e. The molecule has 2 aromatic carbocycles. The first-order chi connectivity index (χ1) is 8.11. The van der Waals surface area contributed by atoms with Crippen molar-refractivity contribution in [1.82, 2.24) is 0 Å². The first kappa shape index (κ1) is 11.4. The Morgan fingerprint density at radius 3 is 2.24 bits per heavy atom. The van der Waals surface area contributed by atoms with Crippen LogP contribution in [0, 0.1) is 13.8 Å². The number of hydrogen-bond acceptors (Lipinski definition) is 1. The molecule has 0 aliphatic rings. The minimum Gasteiger partial charge on any atom is -0.478 e. The maximum atomic E-state index is 11.3. The van der Waals surface area contributed by atoms with Gasteiger partial charge in [0.25, 0.3) is 0 Å². The van der Waals surface area contributed by atoms with Gasteiger partial charge in [-0.05, 0) is 42.2 Å². The van der Waals surface area contributed by atoms with Gasteiger partial charge in [0.2, 0.25) is 0 Å². The lowest BCUT2D eigenvalue weighted by atomic mass is 9.92. The highest BCUT2D eigenvalue weighted by Gasteiger charge is 2.14. The van der Waals surface area contributed by atoms with Crippen LogP contribution in [0.15, 0.2) is 42.5 Å². The summed E-state index contributed by atoms with van der Waals surface area (Å²) in [6.07, 6.45) is 0. The largest absolute Gasteiger partial charge is 0.478 e. The normalized spacial score (nSPS) is 10.2. The van der Waals surface area contributed by atoms with Crippen molar-refractivity contribution >= 4 is 5.97 Å². The van der Waals surface area contributed by atoms with Gasteiger partial charge in [-0.2, -0.15) is 0 Å². The average molecular weight is 226 g/mol. The van der Waals surface area contributed by atoms with E-state index < -0.39 is 5.97 Å². The molecule has 0 radical (unpaired) electrons. The Morgan fingerprint density at radius 2 is 1.65 bits per heavy atom. The SMILES string of the molecule is Cc1ccc(C(=O)O)c(-c2ccccc2)c1C. The van der Waals surface area contributed by atoms with E-state index >= 15 is 0 Å². The van der Waals surface area contributed by atoms with Gasteiger partial charge in [0.1, 0.15) is 0 Å². The first-order valence-electron chi connectivity index (χ1n) is 5.50. The van der Waals surface area contributed by atoms with E-state index in [4.69, 9.17) is 0 Å². The van der Waals surface area contributed by atoms with Gasteiger partial charge in [0, 0.05) is 0 Å². The molecule has 0 saturated heterocycles. The lowest BCUT2D eigenvalue weighted by Gasteiger charge is -2.12. The van der Waals surface area contributed by atoms with Crippen LogP contribution < -0.4 is 0 Å². The number of carboxylic acids is 1. The van der Waals surface area contributed by atoms with E-state index in [9.17, 15) is 9.90 Å². The van der Waals surface area contributed by atoms with Crippen LogP contribution in [0.4, 0.5) is 0 Å². The molecule has 0 unspecified atom stereocenters. The summed E-state index contributed by atoms with van der Waals surface area (Å²) in [5.41, 5.74) is 4.26. The van der Waals surface area contributed by atoms with Crippen LogP contribution in [0.1, 0.15) is 21.5 Å². The third kappa shape index (κ3) is 2.07. The third-order valence-corrected chi connectivity index (χ3v) is 3.03. The fourth-order valence-electron chi connectivity index (χ4n) is 1.97. The summed E-state index contributed by atoms with van der Waals surface area (Å²) >= 11 is 0. The molecule has 0 bridgehead atoms. The monoisotopic (exact) mass is 226 g/mol. The Labute approximate surface area is 101 Å². The molecule has 0 amide bonds. The van der Waals surface area contributed by atoms with Crippen molar-refractivity contribution in [3.05, 3.63) is 59.2 Å². The van der Waals surface area contributed by atoms with E-state index in [-0.39, 0.29) is 0 Å². The van der Waals surface area contributed by atoms with Gasteiger partial charge in [-0.15, -0.1) is 0 Å². The Bertz CT molecular complexity index is 557. The Kier molecular flexibility index (Phi) is 2.96. The number of benzene rings is 2. The van der Waals surface area contributed by atoms with E-state index in [0.717, 1.165) is 22.3 Å². The van der Waals surface area contributed by atoms with Gasteiger partial charge in [-0.25, -0.2) is 4.79 Å². The van der Waals surface area contributed by atoms with Crippen LogP contribution in [0.5, 0.6) is 0 Å². The second-order valence-electron chi connectivity index (χ2n) is 4.10. The van der Waals surface area contributed by atoms with Crippen LogP contribution in [-0.2, 0) is 0 Å². The molecule has 0 spiro atoms. The lowest BCUT2D eigenvalue weighted by Crippen LogP contribution is -2.02. The lowest BCUT2D eigenvalue weighted by molar-refractivity contribution is 0.0697. The molecule has 17 heavy (non-hydrogen) atoms. The molecule has 1 N–H and O–H groups in total. The molecule has 86 valence electrons. The first-order valence-corrected chi connectivity index (χ1v) is 5.50. The minimum atomic E-state index is -0.882. The number of aromatic carboxylic acids is 1. The highest BCUT2D eigenvalue weighted by atomic mass is 16.4. The van der Waals surface area contributed by atoms with Gasteiger partial charge < -0.3 is 5.11 Å². The zero-order valence-corrected chi connectivity index (χ0v) is 9.90.